The van der Waals surface area contributed by atoms with Crippen LogP contribution in [0.4, 0.5) is 13.2 Å². The van der Waals surface area contributed by atoms with Crippen molar-refractivity contribution in [2.24, 2.45) is 0 Å². The maximum atomic E-state index is 13.3. The fourth-order valence-electron chi connectivity index (χ4n) is 2.85. The number of carbonyl (C=O) groups excluding carboxylic acids is 1. The molecule has 5 N–H and O–H groups in total. The van der Waals surface area contributed by atoms with E-state index in [1.165, 1.54) is 0 Å². The van der Waals surface area contributed by atoms with Crippen molar-refractivity contribution in [1.82, 2.24) is 25.8 Å². The number of nitrogens with one attached hydrogen (secondary N) is 2. The molecule has 2 aliphatic heterocycles. The summed E-state index contributed by atoms with van der Waals surface area (Å²) in [5, 5.41) is 11.4. The SMILES string of the molecule is O=C(O)CN(C(=O)C(F)(F)F)C(NN1CCOCC1)(NN1CCOCC1)P(=O)(O)O. The van der Waals surface area contributed by atoms with Gasteiger partial charge in [0.25, 0.3) is 5.53 Å². The van der Waals surface area contributed by atoms with Crippen LogP contribution >= 0.6 is 7.60 Å². The Bertz CT molecular complexity index is 646. The largest absolute Gasteiger partial charge is 0.480 e. The summed E-state index contributed by atoms with van der Waals surface area (Å²) in [7, 11) is -5.72. The van der Waals surface area contributed by atoms with E-state index in [2.05, 4.69) is 10.9 Å². The monoisotopic (exact) mass is 465 g/mol. The lowest BCUT2D eigenvalue weighted by molar-refractivity contribution is -0.199. The standard InChI is InChI=1S/C13H23F3N5O8P/c14-12(15,16)11(24)21(9-10(22)23)13(30(25,26)27,17-19-1-5-28-6-2-19)18-20-3-7-29-8-4-20/h17-18H,1-9H2,(H,22,23)(H2,25,26,27). The van der Waals surface area contributed by atoms with E-state index in [1.54, 1.807) is 0 Å². The highest BCUT2D eigenvalue weighted by Crippen LogP contribution is 2.50. The molecule has 2 fully saturated rings. The van der Waals surface area contributed by atoms with Crippen LogP contribution in [0.25, 0.3) is 0 Å². The number of carboxylic acid groups (broad SMARTS) is 1. The second-order valence-electron chi connectivity index (χ2n) is 6.42. The van der Waals surface area contributed by atoms with Gasteiger partial charge in [-0.2, -0.15) is 13.2 Å². The van der Waals surface area contributed by atoms with Gasteiger partial charge in [0.15, 0.2) is 0 Å². The lowest BCUT2D eigenvalue weighted by Gasteiger charge is -2.49. The third-order valence-corrected chi connectivity index (χ3v) is 5.53. The molecule has 0 radical (unpaired) electrons. The molecule has 0 aromatic carbocycles. The molecule has 0 unspecified atom stereocenters. The Morgan fingerprint density at radius 2 is 1.37 bits per heavy atom. The van der Waals surface area contributed by atoms with Crippen molar-refractivity contribution in [1.29, 1.82) is 0 Å². The first kappa shape index (κ1) is 24.9. The zero-order chi connectivity index (χ0) is 22.6. The van der Waals surface area contributed by atoms with Crippen molar-refractivity contribution >= 4 is 19.5 Å². The van der Waals surface area contributed by atoms with Gasteiger partial charge >= 0.3 is 25.6 Å². The molecule has 2 saturated heterocycles. The van der Waals surface area contributed by atoms with E-state index in [0.717, 1.165) is 10.0 Å². The summed E-state index contributed by atoms with van der Waals surface area (Å²) in [4.78, 5) is 43.1. The smallest absolute Gasteiger partial charge is 0.471 e. The molecular formula is C13H23F3N5O8P. The maximum absolute atomic E-state index is 13.3. The normalized spacial score (nSPS) is 20.2. The van der Waals surface area contributed by atoms with Crippen LogP contribution in [0.2, 0.25) is 0 Å². The molecule has 17 heteroatoms. The van der Waals surface area contributed by atoms with Crippen LogP contribution in [0.5, 0.6) is 0 Å². The number of morpholine rings is 2. The van der Waals surface area contributed by atoms with Gasteiger partial charge in [-0.1, -0.05) is 0 Å². The van der Waals surface area contributed by atoms with Crippen LogP contribution in [-0.4, -0.2) is 113 Å². The molecule has 0 atom stereocenters. The Hall–Kier alpha value is -1.36. The highest BCUT2D eigenvalue weighted by molar-refractivity contribution is 7.53. The second kappa shape index (κ2) is 9.84. The van der Waals surface area contributed by atoms with Gasteiger partial charge in [0.2, 0.25) is 0 Å². The number of hydrogen-bond acceptors (Lipinski definition) is 9. The predicted molar refractivity (Wildman–Crippen MR) is 91.2 cm³/mol. The zero-order valence-electron chi connectivity index (χ0n) is 15.7. The zero-order valence-corrected chi connectivity index (χ0v) is 16.6. The highest BCUT2D eigenvalue weighted by atomic mass is 31.2. The number of rotatable bonds is 8. The van der Waals surface area contributed by atoms with Crippen molar-refractivity contribution in [2.45, 2.75) is 11.7 Å². The third kappa shape index (κ3) is 6.09. The van der Waals surface area contributed by atoms with Crippen molar-refractivity contribution in [3.63, 3.8) is 0 Å². The van der Waals surface area contributed by atoms with E-state index < -0.39 is 42.6 Å². The van der Waals surface area contributed by atoms with Crippen molar-refractivity contribution in [3.05, 3.63) is 0 Å². The number of nitrogens with zero attached hydrogens (tertiary/aromatic N) is 3. The molecule has 2 rings (SSSR count). The number of hydrazine groups is 2. The van der Waals surface area contributed by atoms with Crippen LogP contribution in [-0.2, 0) is 23.6 Å². The molecule has 0 saturated carbocycles. The highest BCUT2D eigenvalue weighted by Gasteiger charge is 2.61. The first-order chi connectivity index (χ1) is 13.9. The molecule has 2 aliphatic rings. The van der Waals surface area contributed by atoms with E-state index in [-0.39, 0.29) is 52.6 Å². The summed E-state index contributed by atoms with van der Waals surface area (Å²) < 4.78 is 62.5. The molecule has 174 valence electrons. The van der Waals surface area contributed by atoms with Gasteiger partial charge in [-0.15, -0.1) is 0 Å². The first-order valence-corrected chi connectivity index (χ1v) is 10.4. The molecular weight excluding hydrogens is 442 g/mol. The molecule has 2 heterocycles. The Labute approximate surface area is 168 Å². The number of halogens is 3. The van der Waals surface area contributed by atoms with Gasteiger partial charge in [-0.3, -0.25) is 19.1 Å². The van der Waals surface area contributed by atoms with E-state index in [9.17, 15) is 37.1 Å². The van der Waals surface area contributed by atoms with Crippen LogP contribution in [0.1, 0.15) is 0 Å². The summed E-state index contributed by atoms with van der Waals surface area (Å²) in [5.74, 6) is -4.65. The molecule has 0 aliphatic carbocycles. The average Bonchev–Trinajstić information content (AvgIpc) is 2.65. The Morgan fingerprint density at radius 1 is 0.967 bits per heavy atom. The summed E-state index contributed by atoms with van der Waals surface area (Å²) in [5.41, 5.74) is 1.28. The minimum Gasteiger partial charge on any atom is -0.480 e. The minimum atomic E-state index is -5.72. The fraction of sp³-hybridized carbons (Fsp3) is 0.846. The number of hydrogen-bond donors (Lipinski definition) is 5. The quantitative estimate of drug-likeness (QED) is 0.197. The number of carbonyl (C=O) groups is 2. The summed E-state index contributed by atoms with van der Waals surface area (Å²) in [6.45, 7) is -1.25. The fourth-order valence-corrected chi connectivity index (χ4v) is 3.87. The molecule has 30 heavy (non-hydrogen) atoms. The van der Waals surface area contributed by atoms with Gasteiger partial charge in [0, 0.05) is 26.2 Å². The van der Waals surface area contributed by atoms with Crippen LogP contribution in [0, 0.1) is 0 Å². The Kier molecular flexibility index (Phi) is 8.17. The van der Waals surface area contributed by atoms with Gasteiger partial charge in [-0.05, 0) is 0 Å². The Balaban J connectivity index is 2.55. The molecule has 1 amide bonds. The van der Waals surface area contributed by atoms with Crippen LogP contribution in [0.3, 0.4) is 0 Å². The average molecular weight is 465 g/mol. The van der Waals surface area contributed by atoms with Crippen molar-refractivity contribution < 1.29 is 51.7 Å². The van der Waals surface area contributed by atoms with E-state index >= 15 is 0 Å². The summed E-state index contributed by atoms with van der Waals surface area (Å²) >= 11 is 0. The number of amides is 1. The molecule has 0 aromatic rings. The van der Waals surface area contributed by atoms with Crippen LogP contribution in [0.15, 0.2) is 0 Å². The third-order valence-electron chi connectivity index (χ3n) is 4.24. The lowest BCUT2D eigenvalue weighted by atomic mass is 10.4. The number of ether oxygens (including phenoxy) is 2. The number of carboxylic acids is 1. The number of alkyl halides is 3. The lowest BCUT2D eigenvalue weighted by Crippen LogP contribution is -2.77. The minimum absolute atomic E-state index is 0.00760. The van der Waals surface area contributed by atoms with E-state index in [0.29, 0.717) is 0 Å². The molecule has 0 spiro atoms. The molecule has 0 bridgehead atoms. The van der Waals surface area contributed by atoms with E-state index in [1.807, 2.05) is 0 Å². The topological polar surface area (TPSA) is 164 Å². The van der Waals surface area contributed by atoms with Gasteiger partial charge in [-0.25, -0.2) is 20.9 Å². The van der Waals surface area contributed by atoms with Crippen molar-refractivity contribution in [2.75, 3.05) is 59.2 Å². The first-order valence-electron chi connectivity index (χ1n) is 8.74. The summed E-state index contributed by atoms with van der Waals surface area (Å²) in [6.07, 6.45) is -5.60. The summed E-state index contributed by atoms with van der Waals surface area (Å²) in [6, 6.07) is 0. The molecule has 0 aromatic heterocycles. The van der Waals surface area contributed by atoms with Crippen LogP contribution < -0.4 is 10.9 Å². The second-order valence-corrected chi connectivity index (χ2v) is 8.16. The van der Waals surface area contributed by atoms with Gasteiger partial charge < -0.3 is 24.4 Å². The van der Waals surface area contributed by atoms with Gasteiger partial charge in [0.1, 0.15) is 6.54 Å². The van der Waals surface area contributed by atoms with Crippen molar-refractivity contribution in [3.8, 4) is 0 Å². The predicted octanol–water partition coefficient (Wildman–Crippen LogP) is -2.08. The van der Waals surface area contributed by atoms with E-state index in [4.69, 9.17) is 14.6 Å². The Morgan fingerprint density at radius 3 is 1.67 bits per heavy atom. The number of aliphatic carboxylic acids is 1. The maximum Gasteiger partial charge on any atom is 0.471 e. The molecule has 13 nitrogen and oxygen atoms in total. The van der Waals surface area contributed by atoms with Gasteiger partial charge in [0.05, 0.1) is 26.4 Å².